The van der Waals surface area contributed by atoms with Crippen molar-refractivity contribution in [1.29, 1.82) is 0 Å². The molecule has 0 fully saturated rings. The summed E-state index contributed by atoms with van der Waals surface area (Å²) in [4.78, 5) is 11.4. The van der Waals surface area contributed by atoms with Crippen LogP contribution in [-0.2, 0) is 5.60 Å². The highest BCUT2D eigenvalue weighted by Gasteiger charge is 2.45. The SMILES string of the molecule is COc1cccc([C@H](c2cc3cc(Br)ccc3nc2OC)[C@@](O)(CCN(C)C)c2cccc(C)n2)c1F. The summed E-state index contributed by atoms with van der Waals surface area (Å²) in [6, 6.07) is 18.1. The largest absolute Gasteiger partial charge is 0.494 e. The van der Waals surface area contributed by atoms with Crippen molar-refractivity contribution in [2.24, 2.45) is 0 Å². The molecule has 0 unspecified atom stereocenters. The molecular weight excluding hydrogens is 537 g/mol. The molecule has 8 heteroatoms. The van der Waals surface area contributed by atoms with E-state index in [0.717, 1.165) is 21.1 Å². The Hall–Kier alpha value is -3.07. The third-order valence-corrected chi connectivity index (χ3v) is 7.04. The molecule has 0 amide bonds. The highest BCUT2D eigenvalue weighted by atomic mass is 79.9. The van der Waals surface area contributed by atoms with Crippen LogP contribution < -0.4 is 9.47 Å². The van der Waals surface area contributed by atoms with Crippen molar-refractivity contribution in [2.75, 3.05) is 34.9 Å². The highest BCUT2D eigenvalue weighted by molar-refractivity contribution is 9.10. The lowest BCUT2D eigenvalue weighted by Gasteiger charge is -2.38. The summed E-state index contributed by atoms with van der Waals surface area (Å²) >= 11 is 3.53. The summed E-state index contributed by atoms with van der Waals surface area (Å²) in [6.07, 6.45) is 0.275. The molecule has 0 bridgehead atoms. The predicted molar refractivity (Wildman–Crippen MR) is 147 cm³/mol. The average molecular weight is 568 g/mol. The number of aromatic nitrogens is 2. The Labute approximate surface area is 225 Å². The molecule has 0 aliphatic rings. The van der Waals surface area contributed by atoms with Crippen molar-refractivity contribution in [3.63, 3.8) is 0 Å². The zero-order chi connectivity index (χ0) is 26.7. The van der Waals surface area contributed by atoms with Gasteiger partial charge in [-0.1, -0.05) is 34.1 Å². The van der Waals surface area contributed by atoms with Gasteiger partial charge in [0.25, 0.3) is 0 Å². The Morgan fingerprint density at radius 2 is 1.76 bits per heavy atom. The van der Waals surface area contributed by atoms with Gasteiger partial charge in [-0.25, -0.2) is 9.37 Å². The molecule has 194 valence electrons. The Morgan fingerprint density at radius 1 is 1.00 bits per heavy atom. The number of aryl methyl sites for hydroxylation is 1. The molecule has 0 aliphatic carbocycles. The van der Waals surface area contributed by atoms with Crippen LogP contribution in [0.2, 0.25) is 0 Å². The van der Waals surface area contributed by atoms with Crippen molar-refractivity contribution < 1.29 is 19.0 Å². The molecule has 0 saturated carbocycles. The molecular formula is C29H31BrFN3O3. The lowest BCUT2D eigenvalue weighted by molar-refractivity contribution is -0.00133. The van der Waals surface area contributed by atoms with Crippen LogP contribution in [0.5, 0.6) is 11.6 Å². The van der Waals surface area contributed by atoms with E-state index in [1.165, 1.54) is 14.2 Å². The van der Waals surface area contributed by atoms with Crippen molar-refractivity contribution in [3.05, 3.63) is 93.5 Å². The summed E-state index contributed by atoms with van der Waals surface area (Å²) in [6.45, 7) is 2.40. The number of benzene rings is 2. The first-order chi connectivity index (χ1) is 17.7. The summed E-state index contributed by atoms with van der Waals surface area (Å²) in [7, 11) is 6.81. The minimum atomic E-state index is -1.61. The molecule has 1 N–H and O–H groups in total. The standard InChI is InChI=1S/C29H31BrFN3O3/c1-18-8-6-11-25(32-18)29(35,14-15-34(2)3)26(21-9-7-10-24(36-4)27(21)31)22-17-19-16-20(30)12-13-23(19)33-28(22)37-5/h6-13,16-17,26,35H,14-15H2,1-5H3/t26-,29-/m1/s1. The third kappa shape index (κ3) is 5.46. The van der Waals surface area contributed by atoms with E-state index < -0.39 is 17.3 Å². The fourth-order valence-electron chi connectivity index (χ4n) is 4.71. The quantitative estimate of drug-likeness (QED) is 0.274. The van der Waals surface area contributed by atoms with Gasteiger partial charge < -0.3 is 19.5 Å². The summed E-state index contributed by atoms with van der Waals surface area (Å²) in [5.41, 5.74) is 1.11. The molecule has 2 atom stereocenters. The monoisotopic (exact) mass is 567 g/mol. The number of nitrogens with zero attached hydrogens (tertiary/aromatic N) is 3. The van der Waals surface area contributed by atoms with Gasteiger partial charge in [0.2, 0.25) is 5.88 Å². The summed E-state index contributed by atoms with van der Waals surface area (Å²) < 4.78 is 28.0. The predicted octanol–water partition coefficient (Wildman–Crippen LogP) is 5.83. The first-order valence-electron chi connectivity index (χ1n) is 12.0. The number of halogens is 2. The van der Waals surface area contributed by atoms with E-state index in [-0.39, 0.29) is 17.7 Å². The Balaban J connectivity index is 2.09. The maximum absolute atomic E-state index is 16.0. The molecule has 37 heavy (non-hydrogen) atoms. The molecule has 0 aliphatic heterocycles. The van der Waals surface area contributed by atoms with Crippen LogP contribution >= 0.6 is 15.9 Å². The normalized spacial score (nSPS) is 14.0. The average Bonchev–Trinajstić information content (AvgIpc) is 2.88. The molecule has 6 nitrogen and oxygen atoms in total. The smallest absolute Gasteiger partial charge is 0.217 e. The molecule has 2 heterocycles. The van der Waals surface area contributed by atoms with Crippen molar-refractivity contribution in [3.8, 4) is 11.6 Å². The lowest BCUT2D eigenvalue weighted by Crippen LogP contribution is -2.39. The summed E-state index contributed by atoms with van der Waals surface area (Å²) in [5, 5.41) is 13.5. The van der Waals surface area contributed by atoms with Crippen LogP contribution in [0.15, 0.2) is 65.1 Å². The van der Waals surface area contributed by atoms with Gasteiger partial charge >= 0.3 is 0 Å². The maximum atomic E-state index is 16.0. The molecule has 0 spiro atoms. The Bertz CT molecular complexity index is 1410. The van der Waals surface area contributed by atoms with Crippen LogP contribution in [0.4, 0.5) is 4.39 Å². The number of rotatable bonds is 9. The van der Waals surface area contributed by atoms with E-state index in [0.29, 0.717) is 23.7 Å². The second kappa shape index (κ2) is 11.1. The van der Waals surface area contributed by atoms with Gasteiger partial charge in [0, 0.05) is 33.2 Å². The number of fused-ring (bicyclic) bond motifs is 1. The zero-order valence-corrected chi connectivity index (χ0v) is 23.2. The van der Waals surface area contributed by atoms with Gasteiger partial charge in [0.1, 0.15) is 5.60 Å². The Morgan fingerprint density at radius 3 is 2.43 bits per heavy atom. The van der Waals surface area contributed by atoms with Crippen LogP contribution in [0.1, 0.15) is 34.9 Å². The van der Waals surface area contributed by atoms with Crippen LogP contribution in [0.3, 0.4) is 0 Å². The fraction of sp³-hybridized carbons (Fsp3) is 0.310. The number of ether oxygens (including phenoxy) is 2. The second-order valence-corrected chi connectivity index (χ2v) is 10.3. The maximum Gasteiger partial charge on any atom is 0.217 e. The number of hydrogen-bond donors (Lipinski definition) is 1. The molecule has 0 saturated heterocycles. The third-order valence-electron chi connectivity index (χ3n) is 6.55. The lowest BCUT2D eigenvalue weighted by atomic mass is 9.73. The molecule has 2 aromatic heterocycles. The molecule has 0 radical (unpaired) electrons. The second-order valence-electron chi connectivity index (χ2n) is 9.36. The van der Waals surface area contributed by atoms with Crippen LogP contribution in [0.25, 0.3) is 10.9 Å². The number of methoxy groups -OCH3 is 2. The van der Waals surface area contributed by atoms with Gasteiger partial charge in [-0.2, -0.15) is 0 Å². The Kier molecular flexibility index (Phi) is 8.11. The zero-order valence-electron chi connectivity index (χ0n) is 21.6. The molecule has 4 rings (SSSR count). The number of aliphatic hydroxyl groups is 1. The van der Waals surface area contributed by atoms with Crippen LogP contribution in [0, 0.1) is 12.7 Å². The fourth-order valence-corrected chi connectivity index (χ4v) is 5.08. The van der Waals surface area contributed by atoms with Crippen LogP contribution in [-0.4, -0.2) is 54.8 Å². The van der Waals surface area contributed by atoms with E-state index in [1.54, 1.807) is 24.3 Å². The minimum Gasteiger partial charge on any atom is -0.494 e. The minimum absolute atomic E-state index is 0.0881. The van der Waals surface area contributed by atoms with Gasteiger partial charge in [0.15, 0.2) is 11.6 Å². The van der Waals surface area contributed by atoms with Gasteiger partial charge in [-0.05, 0) is 69.9 Å². The number of pyridine rings is 2. The molecule has 2 aromatic carbocycles. The van der Waals surface area contributed by atoms with Crippen molar-refractivity contribution in [2.45, 2.75) is 24.9 Å². The van der Waals surface area contributed by atoms with E-state index in [2.05, 4.69) is 15.9 Å². The van der Waals surface area contributed by atoms with Gasteiger partial charge in [-0.15, -0.1) is 0 Å². The van der Waals surface area contributed by atoms with E-state index in [9.17, 15) is 5.11 Å². The van der Waals surface area contributed by atoms with E-state index in [4.69, 9.17) is 19.4 Å². The highest BCUT2D eigenvalue weighted by Crippen LogP contribution is 2.48. The van der Waals surface area contributed by atoms with E-state index in [1.807, 2.05) is 62.3 Å². The first-order valence-corrected chi connectivity index (χ1v) is 12.7. The van der Waals surface area contributed by atoms with Crippen molar-refractivity contribution in [1.82, 2.24) is 14.9 Å². The topological polar surface area (TPSA) is 67.7 Å². The van der Waals surface area contributed by atoms with E-state index >= 15 is 4.39 Å². The first kappa shape index (κ1) is 27.0. The number of hydrogen-bond acceptors (Lipinski definition) is 6. The van der Waals surface area contributed by atoms with Gasteiger partial charge in [-0.3, -0.25) is 4.98 Å². The van der Waals surface area contributed by atoms with Crippen molar-refractivity contribution >= 4 is 26.8 Å². The summed E-state index contributed by atoms with van der Waals surface area (Å²) in [5.74, 6) is -1.08. The molecule has 4 aromatic rings. The van der Waals surface area contributed by atoms with Gasteiger partial charge in [0.05, 0.1) is 31.3 Å².